The van der Waals surface area contributed by atoms with E-state index in [-0.39, 0.29) is 12.4 Å². The fourth-order valence-electron chi connectivity index (χ4n) is 2.43. The van der Waals surface area contributed by atoms with Crippen LogP contribution in [0.15, 0.2) is 42.5 Å². The fourth-order valence-corrected chi connectivity index (χ4v) is 3.26. The minimum atomic E-state index is -0.0235. The van der Waals surface area contributed by atoms with Crippen LogP contribution in [0.5, 0.6) is 0 Å². The molecule has 0 aliphatic carbocycles. The van der Waals surface area contributed by atoms with Crippen molar-refractivity contribution in [3.05, 3.63) is 64.3 Å². The molecular weight excluding hydrogens is 350 g/mol. The molecule has 26 heavy (non-hydrogen) atoms. The molecule has 2 aromatic heterocycles. The highest BCUT2D eigenvalue weighted by molar-refractivity contribution is 7.15. The third-order valence-electron chi connectivity index (χ3n) is 3.75. The topological polar surface area (TPSA) is 92.2 Å². The number of aliphatic hydroxyl groups excluding tert-OH is 1. The number of nitrogens with one attached hydrogen (secondary N) is 1. The van der Waals surface area contributed by atoms with Crippen molar-refractivity contribution in [2.45, 2.75) is 13.0 Å². The number of thiophene rings is 1. The third kappa shape index (κ3) is 4.38. The third-order valence-corrected chi connectivity index (χ3v) is 4.85. The first-order chi connectivity index (χ1) is 12.7. The van der Waals surface area contributed by atoms with Crippen LogP contribution in [0.1, 0.15) is 31.4 Å². The molecule has 0 aliphatic rings. The first-order valence-electron chi connectivity index (χ1n) is 8.04. The number of nitrogens with zero attached hydrogens (tertiary/aromatic N) is 2. The number of carbonyl (C=O) groups excluding carboxylic acids is 2. The summed E-state index contributed by atoms with van der Waals surface area (Å²) in [6.07, 6.45) is 2.19. The van der Waals surface area contributed by atoms with Crippen molar-refractivity contribution in [1.29, 1.82) is 0 Å². The van der Waals surface area contributed by atoms with Gasteiger partial charge in [0.05, 0.1) is 17.2 Å². The van der Waals surface area contributed by atoms with Crippen molar-refractivity contribution in [3.8, 4) is 10.6 Å². The van der Waals surface area contributed by atoms with Crippen LogP contribution in [0, 0.1) is 0 Å². The summed E-state index contributed by atoms with van der Waals surface area (Å²) in [6.45, 7) is 0.603. The number of rotatable bonds is 8. The highest BCUT2D eigenvalue weighted by atomic mass is 32.1. The number of anilines is 1. The Bertz CT molecular complexity index is 907. The minimum absolute atomic E-state index is 0.0235. The van der Waals surface area contributed by atoms with Gasteiger partial charge in [0.2, 0.25) is 0 Å². The monoisotopic (exact) mass is 367 g/mol. The molecule has 0 unspecified atom stereocenters. The molecule has 3 rings (SSSR count). The summed E-state index contributed by atoms with van der Waals surface area (Å²) in [7, 11) is 0. The normalized spacial score (nSPS) is 10.5. The lowest BCUT2D eigenvalue weighted by Crippen LogP contribution is -2.08. The Morgan fingerprint density at radius 2 is 1.85 bits per heavy atom. The van der Waals surface area contributed by atoms with E-state index in [4.69, 9.17) is 0 Å². The zero-order valence-corrected chi connectivity index (χ0v) is 14.7. The lowest BCUT2D eigenvalue weighted by atomic mass is 10.1. The molecule has 3 aromatic rings. The quantitative estimate of drug-likeness (QED) is 0.595. The van der Waals surface area contributed by atoms with Crippen LogP contribution in [-0.4, -0.2) is 34.2 Å². The van der Waals surface area contributed by atoms with E-state index < -0.39 is 0 Å². The summed E-state index contributed by atoms with van der Waals surface area (Å²) in [5, 5.41) is 12.4. The lowest BCUT2D eigenvalue weighted by molar-refractivity contribution is 0.111. The molecule has 0 saturated heterocycles. The van der Waals surface area contributed by atoms with Crippen LogP contribution in [-0.2, 0) is 13.0 Å². The standard InChI is InChI=1S/C19H17N3O3S/c23-10-14-3-1-13(2-4-14)7-8-20-18-9-16(21-19(12-25)22-18)17-6-5-15(11-24)26-17/h1-6,9-10,12,24H,7-8,11H2,(H,20,21,22). The Hall–Kier alpha value is -2.90. The summed E-state index contributed by atoms with van der Waals surface area (Å²) >= 11 is 1.43. The fraction of sp³-hybridized carbons (Fsp3) is 0.158. The molecule has 0 saturated carbocycles. The first kappa shape index (κ1) is 17.9. The Morgan fingerprint density at radius 3 is 2.50 bits per heavy atom. The van der Waals surface area contributed by atoms with Crippen molar-refractivity contribution in [1.82, 2.24) is 9.97 Å². The number of carbonyl (C=O) groups is 2. The van der Waals surface area contributed by atoms with Gasteiger partial charge in [-0.3, -0.25) is 9.59 Å². The van der Waals surface area contributed by atoms with Gasteiger partial charge in [-0.05, 0) is 24.1 Å². The van der Waals surface area contributed by atoms with Gasteiger partial charge in [0.15, 0.2) is 12.1 Å². The molecule has 0 bridgehead atoms. The Kier molecular flexibility index (Phi) is 5.83. The average Bonchev–Trinajstić information content (AvgIpc) is 3.17. The van der Waals surface area contributed by atoms with Gasteiger partial charge >= 0.3 is 0 Å². The number of aromatic nitrogens is 2. The zero-order chi connectivity index (χ0) is 18.4. The van der Waals surface area contributed by atoms with Gasteiger partial charge in [-0.1, -0.05) is 24.3 Å². The maximum atomic E-state index is 11.1. The molecular formula is C19H17N3O3S. The largest absolute Gasteiger partial charge is 0.391 e. The molecule has 2 heterocycles. The van der Waals surface area contributed by atoms with Crippen LogP contribution >= 0.6 is 11.3 Å². The highest BCUT2D eigenvalue weighted by Gasteiger charge is 2.09. The Morgan fingerprint density at radius 1 is 1.04 bits per heavy atom. The average molecular weight is 367 g/mol. The predicted molar refractivity (Wildman–Crippen MR) is 101 cm³/mol. The second kappa shape index (κ2) is 8.46. The minimum Gasteiger partial charge on any atom is -0.391 e. The van der Waals surface area contributed by atoms with E-state index in [1.165, 1.54) is 11.3 Å². The van der Waals surface area contributed by atoms with Gasteiger partial charge in [0.25, 0.3) is 0 Å². The second-order valence-electron chi connectivity index (χ2n) is 5.57. The van der Waals surface area contributed by atoms with E-state index in [2.05, 4.69) is 15.3 Å². The van der Waals surface area contributed by atoms with Gasteiger partial charge in [-0.25, -0.2) is 9.97 Å². The maximum absolute atomic E-state index is 11.1. The molecule has 0 fully saturated rings. The van der Waals surface area contributed by atoms with E-state index in [0.29, 0.717) is 29.9 Å². The van der Waals surface area contributed by atoms with Crippen LogP contribution in [0.2, 0.25) is 0 Å². The smallest absolute Gasteiger partial charge is 0.195 e. The van der Waals surface area contributed by atoms with Gasteiger partial charge in [0.1, 0.15) is 12.1 Å². The summed E-state index contributed by atoms with van der Waals surface area (Å²) in [4.78, 5) is 31.9. The van der Waals surface area contributed by atoms with Crippen molar-refractivity contribution >= 4 is 29.7 Å². The maximum Gasteiger partial charge on any atom is 0.195 e. The number of benzene rings is 1. The van der Waals surface area contributed by atoms with E-state index >= 15 is 0 Å². The van der Waals surface area contributed by atoms with Crippen LogP contribution in [0.25, 0.3) is 10.6 Å². The molecule has 132 valence electrons. The van der Waals surface area contributed by atoms with Gasteiger partial charge in [-0.15, -0.1) is 11.3 Å². The molecule has 0 radical (unpaired) electrons. The number of aldehydes is 2. The van der Waals surface area contributed by atoms with Gasteiger partial charge in [0, 0.05) is 23.1 Å². The first-order valence-corrected chi connectivity index (χ1v) is 8.85. The molecule has 0 atom stereocenters. The molecule has 0 amide bonds. The molecule has 6 nitrogen and oxygen atoms in total. The number of hydrogen-bond acceptors (Lipinski definition) is 7. The molecule has 0 aliphatic heterocycles. The van der Waals surface area contributed by atoms with E-state index in [1.807, 2.05) is 24.3 Å². The summed E-state index contributed by atoms with van der Waals surface area (Å²) in [5.41, 5.74) is 2.39. The predicted octanol–water partition coefficient (Wildman–Crippen LogP) is 2.98. The van der Waals surface area contributed by atoms with Gasteiger partial charge in [-0.2, -0.15) is 0 Å². The second-order valence-corrected chi connectivity index (χ2v) is 6.74. The molecule has 2 N–H and O–H groups in total. The van der Waals surface area contributed by atoms with Crippen LogP contribution < -0.4 is 5.32 Å². The van der Waals surface area contributed by atoms with Gasteiger partial charge < -0.3 is 10.4 Å². The van der Waals surface area contributed by atoms with Crippen molar-refractivity contribution < 1.29 is 14.7 Å². The summed E-state index contributed by atoms with van der Waals surface area (Å²) in [5.74, 6) is 0.680. The lowest BCUT2D eigenvalue weighted by Gasteiger charge is -2.08. The molecule has 7 heteroatoms. The Balaban J connectivity index is 1.71. The summed E-state index contributed by atoms with van der Waals surface area (Å²) < 4.78 is 0. The van der Waals surface area contributed by atoms with Crippen molar-refractivity contribution in [2.75, 3.05) is 11.9 Å². The van der Waals surface area contributed by atoms with E-state index in [9.17, 15) is 14.7 Å². The van der Waals surface area contributed by atoms with E-state index in [1.54, 1.807) is 18.2 Å². The SMILES string of the molecule is O=Cc1ccc(CCNc2cc(-c3ccc(CO)s3)nc(C=O)n2)cc1. The van der Waals surface area contributed by atoms with E-state index in [0.717, 1.165) is 28.0 Å². The molecule has 0 spiro atoms. The number of aliphatic hydroxyl groups is 1. The van der Waals surface area contributed by atoms with Crippen molar-refractivity contribution in [3.63, 3.8) is 0 Å². The highest BCUT2D eigenvalue weighted by Crippen LogP contribution is 2.28. The zero-order valence-electron chi connectivity index (χ0n) is 13.9. The summed E-state index contributed by atoms with van der Waals surface area (Å²) in [6, 6.07) is 12.9. The number of hydrogen-bond donors (Lipinski definition) is 2. The van der Waals surface area contributed by atoms with Crippen molar-refractivity contribution in [2.24, 2.45) is 0 Å². The van der Waals surface area contributed by atoms with Crippen LogP contribution in [0.4, 0.5) is 5.82 Å². The molecule has 1 aromatic carbocycles. The van der Waals surface area contributed by atoms with Crippen LogP contribution in [0.3, 0.4) is 0 Å². The Labute approximate surface area is 154 Å².